The number of rotatable bonds is 6. The second-order valence-electron chi connectivity index (χ2n) is 4.66. The van der Waals surface area contributed by atoms with Gasteiger partial charge in [0.1, 0.15) is 18.1 Å². The lowest BCUT2D eigenvalue weighted by atomic mass is 10.3. The van der Waals surface area contributed by atoms with Crippen LogP contribution in [-0.2, 0) is 10.0 Å². The van der Waals surface area contributed by atoms with Gasteiger partial charge in [-0.05, 0) is 26.0 Å². The van der Waals surface area contributed by atoms with Crippen molar-refractivity contribution in [2.75, 3.05) is 22.8 Å². The van der Waals surface area contributed by atoms with Crippen LogP contribution in [0.4, 0.5) is 11.5 Å². The van der Waals surface area contributed by atoms with Crippen LogP contribution in [0.15, 0.2) is 24.3 Å². The minimum Gasteiger partial charge on any atom is -0.492 e. The van der Waals surface area contributed by atoms with Gasteiger partial charge in [-0.2, -0.15) is 5.10 Å². The Morgan fingerprint density at radius 1 is 1.38 bits per heavy atom. The normalized spacial score (nSPS) is 11.3. The van der Waals surface area contributed by atoms with Gasteiger partial charge in [-0.15, -0.1) is 0 Å². The minimum atomic E-state index is -3.51. The topological polar surface area (TPSA) is 110 Å². The molecule has 0 radical (unpaired) electrons. The van der Waals surface area contributed by atoms with Gasteiger partial charge in [-0.1, -0.05) is 6.07 Å². The molecular formula is C13H18N4O3S. The molecule has 4 N–H and O–H groups in total. The zero-order valence-electron chi connectivity index (χ0n) is 11.9. The second-order valence-corrected chi connectivity index (χ2v) is 6.51. The molecule has 0 aliphatic carbocycles. The number of aromatic amines is 1. The highest BCUT2D eigenvalue weighted by Crippen LogP contribution is 2.16. The number of hydrogen-bond donors (Lipinski definition) is 3. The van der Waals surface area contributed by atoms with Gasteiger partial charge in [0.25, 0.3) is 0 Å². The van der Waals surface area contributed by atoms with Crippen LogP contribution in [0.5, 0.6) is 5.75 Å². The van der Waals surface area contributed by atoms with E-state index in [-0.39, 0.29) is 12.4 Å². The van der Waals surface area contributed by atoms with Crippen molar-refractivity contribution in [2.45, 2.75) is 13.8 Å². The zero-order chi connectivity index (χ0) is 15.5. The highest BCUT2D eigenvalue weighted by Gasteiger charge is 2.15. The zero-order valence-corrected chi connectivity index (χ0v) is 12.7. The molecule has 2 aromatic rings. The van der Waals surface area contributed by atoms with Crippen LogP contribution in [0.2, 0.25) is 0 Å². The summed E-state index contributed by atoms with van der Waals surface area (Å²) in [5, 5.41) is 6.63. The molecule has 0 spiro atoms. The quantitative estimate of drug-likeness (QED) is 0.699. The van der Waals surface area contributed by atoms with E-state index < -0.39 is 10.0 Å². The van der Waals surface area contributed by atoms with Crippen molar-refractivity contribution in [1.82, 2.24) is 10.2 Å². The highest BCUT2D eigenvalue weighted by molar-refractivity contribution is 7.92. The summed E-state index contributed by atoms with van der Waals surface area (Å²) in [4.78, 5) is 0. The van der Waals surface area contributed by atoms with E-state index in [2.05, 4.69) is 14.9 Å². The Balaban J connectivity index is 1.91. The number of aryl methyl sites for hydroxylation is 1. The number of benzene rings is 1. The number of nitrogen functional groups attached to an aromatic ring is 1. The third-order valence-corrected chi connectivity index (χ3v) is 4.19. The molecular weight excluding hydrogens is 292 g/mol. The van der Waals surface area contributed by atoms with Crippen molar-refractivity contribution >= 4 is 21.5 Å². The fraction of sp³-hybridized carbons (Fsp3) is 0.308. The van der Waals surface area contributed by atoms with Crippen LogP contribution in [0.1, 0.15) is 11.3 Å². The maximum Gasteiger partial charge on any atom is 0.237 e. The Kier molecular flexibility index (Phi) is 4.37. The Labute approximate surface area is 123 Å². The number of sulfonamides is 1. The van der Waals surface area contributed by atoms with Crippen LogP contribution < -0.4 is 15.2 Å². The van der Waals surface area contributed by atoms with Crippen LogP contribution in [-0.4, -0.2) is 31.0 Å². The van der Waals surface area contributed by atoms with Gasteiger partial charge in [-0.25, -0.2) is 8.42 Å². The number of ether oxygens (including phenoxy) is 1. The smallest absolute Gasteiger partial charge is 0.237 e. The number of nitrogens with zero attached hydrogens (tertiary/aromatic N) is 1. The van der Waals surface area contributed by atoms with Crippen molar-refractivity contribution in [3.63, 3.8) is 0 Å². The lowest BCUT2D eigenvalue weighted by molar-refractivity contribution is 0.341. The first-order valence-corrected chi connectivity index (χ1v) is 8.03. The molecule has 114 valence electrons. The van der Waals surface area contributed by atoms with Crippen molar-refractivity contribution in [1.29, 1.82) is 0 Å². The van der Waals surface area contributed by atoms with Gasteiger partial charge in [0, 0.05) is 23.0 Å². The summed E-state index contributed by atoms with van der Waals surface area (Å²) in [7, 11) is -3.51. The Bertz CT molecular complexity index is 725. The van der Waals surface area contributed by atoms with E-state index in [4.69, 9.17) is 10.5 Å². The third kappa shape index (κ3) is 4.12. The molecule has 1 heterocycles. The van der Waals surface area contributed by atoms with Crippen LogP contribution >= 0.6 is 0 Å². The molecule has 8 heteroatoms. The van der Waals surface area contributed by atoms with E-state index in [1.807, 2.05) is 6.92 Å². The van der Waals surface area contributed by atoms with Crippen LogP contribution in [0.3, 0.4) is 0 Å². The number of nitrogens with two attached hydrogens (primary N) is 1. The van der Waals surface area contributed by atoms with Crippen molar-refractivity contribution in [3.05, 3.63) is 35.5 Å². The SMILES string of the molecule is Cc1[nH]nc(NS(=O)(=O)CCOc2cccc(N)c2)c1C. The van der Waals surface area contributed by atoms with Crippen molar-refractivity contribution in [2.24, 2.45) is 0 Å². The Morgan fingerprint density at radius 3 is 2.76 bits per heavy atom. The standard InChI is InChI=1S/C13H18N4O3S/c1-9-10(2)15-16-13(9)17-21(18,19)7-6-20-12-5-3-4-11(14)8-12/h3-5,8H,6-7,14H2,1-2H3,(H2,15,16,17). The van der Waals surface area contributed by atoms with Gasteiger partial charge >= 0.3 is 0 Å². The lowest BCUT2D eigenvalue weighted by Gasteiger charge is -2.08. The maximum atomic E-state index is 11.9. The van der Waals surface area contributed by atoms with E-state index in [0.29, 0.717) is 17.3 Å². The van der Waals surface area contributed by atoms with E-state index in [1.165, 1.54) is 0 Å². The Hall–Kier alpha value is -2.22. The van der Waals surface area contributed by atoms with Crippen molar-refractivity contribution in [3.8, 4) is 5.75 Å². The summed E-state index contributed by atoms with van der Waals surface area (Å²) in [6.45, 7) is 3.64. The van der Waals surface area contributed by atoms with Gasteiger partial charge in [0.2, 0.25) is 10.0 Å². The summed E-state index contributed by atoms with van der Waals surface area (Å²) in [6, 6.07) is 6.83. The molecule has 0 atom stereocenters. The lowest BCUT2D eigenvalue weighted by Crippen LogP contribution is -2.21. The van der Waals surface area contributed by atoms with Crippen molar-refractivity contribution < 1.29 is 13.2 Å². The summed E-state index contributed by atoms with van der Waals surface area (Å²) >= 11 is 0. The second kappa shape index (κ2) is 6.04. The number of hydrogen-bond acceptors (Lipinski definition) is 5. The number of H-pyrrole nitrogens is 1. The molecule has 0 saturated carbocycles. The van der Waals surface area contributed by atoms with Crippen LogP contribution in [0, 0.1) is 13.8 Å². The molecule has 2 rings (SSSR count). The fourth-order valence-corrected chi connectivity index (χ4v) is 2.55. The average Bonchev–Trinajstić information content (AvgIpc) is 2.70. The molecule has 0 unspecified atom stereocenters. The minimum absolute atomic E-state index is 0.0290. The first-order chi connectivity index (χ1) is 9.87. The number of anilines is 2. The summed E-state index contributed by atoms with van der Waals surface area (Å²) in [6.07, 6.45) is 0. The highest BCUT2D eigenvalue weighted by atomic mass is 32.2. The molecule has 0 amide bonds. The van der Waals surface area contributed by atoms with E-state index >= 15 is 0 Å². The number of nitrogens with one attached hydrogen (secondary N) is 2. The molecule has 0 aliphatic heterocycles. The molecule has 21 heavy (non-hydrogen) atoms. The van der Waals surface area contributed by atoms with Gasteiger partial charge in [0.15, 0.2) is 5.82 Å². The van der Waals surface area contributed by atoms with E-state index in [9.17, 15) is 8.42 Å². The van der Waals surface area contributed by atoms with Gasteiger partial charge in [0.05, 0.1) is 0 Å². The molecule has 0 aliphatic rings. The largest absolute Gasteiger partial charge is 0.492 e. The Morgan fingerprint density at radius 2 is 2.14 bits per heavy atom. The average molecular weight is 310 g/mol. The van der Waals surface area contributed by atoms with Gasteiger partial charge < -0.3 is 10.5 Å². The monoisotopic (exact) mass is 310 g/mol. The summed E-state index contributed by atoms with van der Waals surface area (Å²) in [5.74, 6) is 0.682. The maximum absolute atomic E-state index is 11.9. The third-order valence-electron chi connectivity index (χ3n) is 2.98. The predicted molar refractivity (Wildman–Crippen MR) is 81.8 cm³/mol. The molecule has 1 aromatic carbocycles. The molecule has 0 bridgehead atoms. The molecule has 0 saturated heterocycles. The summed E-state index contributed by atoms with van der Waals surface area (Å²) < 4.78 is 31.7. The van der Waals surface area contributed by atoms with E-state index in [0.717, 1.165) is 11.3 Å². The molecule has 7 nitrogen and oxygen atoms in total. The van der Waals surface area contributed by atoms with Gasteiger partial charge in [-0.3, -0.25) is 9.82 Å². The molecule has 1 aromatic heterocycles. The summed E-state index contributed by atoms with van der Waals surface area (Å²) in [5.41, 5.74) is 7.78. The predicted octanol–water partition coefficient (Wildman–Crippen LogP) is 1.43. The fourth-order valence-electron chi connectivity index (χ4n) is 1.66. The molecule has 0 fully saturated rings. The van der Waals surface area contributed by atoms with E-state index in [1.54, 1.807) is 31.2 Å². The first-order valence-electron chi connectivity index (χ1n) is 6.38. The number of aromatic nitrogens is 2. The first kappa shape index (κ1) is 15.2. The van der Waals surface area contributed by atoms with Crippen LogP contribution in [0.25, 0.3) is 0 Å².